The lowest BCUT2D eigenvalue weighted by Crippen LogP contribution is -2.36. The van der Waals surface area contributed by atoms with Crippen LogP contribution in [0.3, 0.4) is 0 Å². The van der Waals surface area contributed by atoms with E-state index in [2.05, 4.69) is 31.2 Å². The molecule has 0 aliphatic carbocycles. The van der Waals surface area contributed by atoms with Crippen molar-refractivity contribution in [1.29, 1.82) is 0 Å². The number of nitrogens with zero attached hydrogens (tertiary/aromatic N) is 4. The van der Waals surface area contributed by atoms with Crippen LogP contribution in [0.15, 0.2) is 24.4 Å². The summed E-state index contributed by atoms with van der Waals surface area (Å²) in [5.74, 6) is 2.65. The Morgan fingerprint density at radius 3 is 2.77 bits per heavy atom. The molecule has 0 spiro atoms. The average molecular weight is 299 g/mol. The van der Waals surface area contributed by atoms with E-state index in [1.165, 1.54) is 5.56 Å². The zero-order valence-corrected chi connectivity index (χ0v) is 13.0. The first-order chi connectivity index (χ1) is 10.7. The standard InChI is InChI=1S/C16H21N5O/c1-12-9-15(20-13(2)19-12)18-11-14-3-4-17-16(10-14)21-5-7-22-8-6-21/h3-4,9-10H,5-8,11H2,1-2H3,(H,18,19,20). The highest BCUT2D eigenvalue weighted by molar-refractivity contribution is 5.43. The highest BCUT2D eigenvalue weighted by Crippen LogP contribution is 2.15. The van der Waals surface area contributed by atoms with Crippen LogP contribution >= 0.6 is 0 Å². The van der Waals surface area contributed by atoms with Gasteiger partial charge < -0.3 is 15.0 Å². The molecule has 1 saturated heterocycles. The maximum Gasteiger partial charge on any atom is 0.130 e. The van der Waals surface area contributed by atoms with Crippen LogP contribution in [0.4, 0.5) is 11.6 Å². The summed E-state index contributed by atoms with van der Waals surface area (Å²) < 4.78 is 5.38. The summed E-state index contributed by atoms with van der Waals surface area (Å²) in [6.07, 6.45) is 1.86. The third kappa shape index (κ3) is 3.71. The Balaban J connectivity index is 1.67. The molecule has 22 heavy (non-hydrogen) atoms. The van der Waals surface area contributed by atoms with E-state index in [4.69, 9.17) is 4.74 Å². The number of anilines is 2. The molecular weight excluding hydrogens is 278 g/mol. The number of hydrogen-bond acceptors (Lipinski definition) is 6. The second kappa shape index (κ2) is 6.70. The first-order valence-electron chi connectivity index (χ1n) is 7.54. The molecule has 3 rings (SSSR count). The van der Waals surface area contributed by atoms with Crippen LogP contribution in [0.5, 0.6) is 0 Å². The molecular formula is C16H21N5O. The molecule has 0 saturated carbocycles. The van der Waals surface area contributed by atoms with Gasteiger partial charge in [-0.15, -0.1) is 0 Å². The summed E-state index contributed by atoms with van der Waals surface area (Å²) in [7, 11) is 0. The summed E-state index contributed by atoms with van der Waals surface area (Å²) in [4.78, 5) is 15.4. The summed E-state index contributed by atoms with van der Waals surface area (Å²) in [5.41, 5.74) is 2.16. The zero-order valence-electron chi connectivity index (χ0n) is 13.0. The molecule has 0 amide bonds. The van der Waals surface area contributed by atoms with E-state index in [1.54, 1.807) is 0 Å². The molecule has 0 aromatic carbocycles. The Bertz CT molecular complexity index is 620. The second-order valence-corrected chi connectivity index (χ2v) is 5.42. The zero-order chi connectivity index (χ0) is 15.4. The van der Waals surface area contributed by atoms with E-state index in [-0.39, 0.29) is 0 Å². The van der Waals surface area contributed by atoms with Crippen LogP contribution in [-0.4, -0.2) is 41.3 Å². The van der Waals surface area contributed by atoms with Crippen LogP contribution in [0.25, 0.3) is 0 Å². The lowest BCUT2D eigenvalue weighted by Gasteiger charge is -2.28. The minimum absolute atomic E-state index is 0.718. The van der Waals surface area contributed by atoms with Crippen molar-refractivity contribution in [3.8, 4) is 0 Å². The van der Waals surface area contributed by atoms with Gasteiger partial charge in [-0.2, -0.15) is 0 Å². The van der Waals surface area contributed by atoms with Gasteiger partial charge in [0.15, 0.2) is 0 Å². The van der Waals surface area contributed by atoms with Gasteiger partial charge in [0.1, 0.15) is 17.5 Å². The van der Waals surface area contributed by atoms with Gasteiger partial charge in [0.2, 0.25) is 0 Å². The average Bonchev–Trinajstić information content (AvgIpc) is 2.53. The van der Waals surface area contributed by atoms with Crippen LogP contribution in [0.2, 0.25) is 0 Å². The van der Waals surface area contributed by atoms with Crippen molar-refractivity contribution >= 4 is 11.6 Å². The van der Waals surface area contributed by atoms with E-state index < -0.39 is 0 Å². The van der Waals surface area contributed by atoms with Gasteiger partial charge in [0, 0.05) is 37.6 Å². The number of pyridine rings is 1. The molecule has 1 fully saturated rings. The topological polar surface area (TPSA) is 63.2 Å². The monoisotopic (exact) mass is 299 g/mol. The first-order valence-corrected chi connectivity index (χ1v) is 7.54. The number of hydrogen-bond donors (Lipinski definition) is 1. The predicted molar refractivity (Wildman–Crippen MR) is 86.1 cm³/mol. The number of rotatable bonds is 4. The fourth-order valence-corrected chi connectivity index (χ4v) is 2.54. The molecule has 3 heterocycles. The van der Waals surface area contributed by atoms with E-state index in [9.17, 15) is 0 Å². The Kier molecular flexibility index (Phi) is 4.48. The Hall–Kier alpha value is -2.21. The molecule has 0 unspecified atom stereocenters. The highest BCUT2D eigenvalue weighted by atomic mass is 16.5. The fourth-order valence-electron chi connectivity index (χ4n) is 2.54. The van der Waals surface area contributed by atoms with Gasteiger partial charge >= 0.3 is 0 Å². The lowest BCUT2D eigenvalue weighted by atomic mass is 10.2. The SMILES string of the molecule is Cc1cc(NCc2ccnc(N3CCOCC3)c2)nc(C)n1. The normalized spacial score (nSPS) is 14.9. The van der Waals surface area contributed by atoms with Crippen molar-refractivity contribution in [2.45, 2.75) is 20.4 Å². The molecule has 6 nitrogen and oxygen atoms in total. The Morgan fingerprint density at radius 1 is 1.18 bits per heavy atom. The molecule has 0 atom stereocenters. The lowest BCUT2D eigenvalue weighted by molar-refractivity contribution is 0.122. The van der Waals surface area contributed by atoms with E-state index in [0.717, 1.165) is 56.0 Å². The molecule has 0 radical (unpaired) electrons. The van der Waals surface area contributed by atoms with E-state index in [1.807, 2.05) is 32.2 Å². The Labute approximate surface area is 130 Å². The summed E-state index contributed by atoms with van der Waals surface area (Å²) >= 11 is 0. The minimum atomic E-state index is 0.718. The van der Waals surface area contributed by atoms with Gasteiger partial charge in [-0.3, -0.25) is 0 Å². The maximum atomic E-state index is 5.38. The minimum Gasteiger partial charge on any atom is -0.378 e. The van der Waals surface area contributed by atoms with Gasteiger partial charge in [0.05, 0.1) is 13.2 Å². The summed E-state index contributed by atoms with van der Waals surface area (Å²) in [6.45, 7) is 7.93. The quantitative estimate of drug-likeness (QED) is 0.931. The predicted octanol–water partition coefficient (Wildman–Crippen LogP) is 1.94. The number of morpholine rings is 1. The van der Waals surface area contributed by atoms with Crippen molar-refractivity contribution in [2.75, 3.05) is 36.5 Å². The van der Waals surface area contributed by atoms with Crippen molar-refractivity contribution in [3.63, 3.8) is 0 Å². The van der Waals surface area contributed by atoms with E-state index >= 15 is 0 Å². The third-order valence-corrected chi connectivity index (χ3v) is 3.58. The molecule has 116 valence electrons. The molecule has 0 bridgehead atoms. The molecule has 1 aliphatic rings. The molecule has 6 heteroatoms. The molecule has 2 aromatic rings. The van der Waals surface area contributed by atoms with Crippen LogP contribution < -0.4 is 10.2 Å². The van der Waals surface area contributed by atoms with Crippen LogP contribution in [-0.2, 0) is 11.3 Å². The van der Waals surface area contributed by atoms with Crippen LogP contribution in [0, 0.1) is 13.8 Å². The smallest absolute Gasteiger partial charge is 0.130 e. The van der Waals surface area contributed by atoms with Crippen molar-refractivity contribution in [3.05, 3.63) is 41.5 Å². The number of aromatic nitrogens is 3. The first kappa shape index (κ1) is 14.7. The van der Waals surface area contributed by atoms with Crippen LogP contribution in [0.1, 0.15) is 17.1 Å². The highest BCUT2D eigenvalue weighted by Gasteiger charge is 2.12. The molecule has 1 N–H and O–H groups in total. The van der Waals surface area contributed by atoms with Crippen molar-refractivity contribution < 1.29 is 4.74 Å². The molecule has 1 aliphatic heterocycles. The van der Waals surface area contributed by atoms with Crippen molar-refractivity contribution in [1.82, 2.24) is 15.0 Å². The van der Waals surface area contributed by atoms with Crippen molar-refractivity contribution in [2.24, 2.45) is 0 Å². The largest absolute Gasteiger partial charge is 0.378 e. The van der Waals surface area contributed by atoms with Gasteiger partial charge in [-0.05, 0) is 31.5 Å². The second-order valence-electron chi connectivity index (χ2n) is 5.42. The van der Waals surface area contributed by atoms with E-state index in [0.29, 0.717) is 0 Å². The van der Waals surface area contributed by atoms with Gasteiger partial charge in [-0.1, -0.05) is 0 Å². The van der Waals surface area contributed by atoms with Gasteiger partial charge in [0.25, 0.3) is 0 Å². The third-order valence-electron chi connectivity index (χ3n) is 3.58. The number of nitrogens with one attached hydrogen (secondary N) is 1. The number of aryl methyl sites for hydroxylation is 2. The summed E-state index contributed by atoms with van der Waals surface area (Å²) in [6, 6.07) is 6.11. The maximum absolute atomic E-state index is 5.38. The number of ether oxygens (including phenoxy) is 1. The summed E-state index contributed by atoms with van der Waals surface area (Å²) in [5, 5.41) is 3.35. The van der Waals surface area contributed by atoms with Gasteiger partial charge in [-0.25, -0.2) is 15.0 Å². The molecule has 2 aromatic heterocycles. The fraction of sp³-hybridized carbons (Fsp3) is 0.438. The Morgan fingerprint density at radius 2 is 2.00 bits per heavy atom.